The number of fused-ring (bicyclic) bond motifs is 1. The van der Waals surface area contributed by atoms with E-state index >= 15 is 0 Å². The van der Waals surface area contributed by atoms with Gasteiger partial charge in [-0.1, -0.05) is 29.5 Å². The number of rotatable bonds is 4. The molecule has 0 fully saturated rings. The second-order valence-electron chi connectivity index (χ2n) is 6.27. The van der Waals surface area contributed by atoms with E-state index in [1.54, 1.807) is 35.0 Å². The summed E-state index contributed by atoms with van der Waals surface area (Å²) in [4.78, 5) is 11.7. The fourth-order valence-electron chi connectivity index (χ4n) is 2.95. The van der Waals surface area contributed by atoms with Crippen molar-refractivity contribution in [1.82, 2.24) is 15.0 Å². The van der Waals surface area contributed by atoms with E-state index in [1.165, 1.54) is 13.0 Å². The van der Waals surface area contributed by atoms with Crippen molar-refractivity contribution >= 4 is 16.8 Å². The molecule has 4 aromatic rings. The summed E-state index contributed by atoms with van der Waals surface area (Å²) < 4.78 is 7.57. The van der Waals surface area contributed by atoms with Gasteiger partial charge in [0, 0.05) is 11.6 Å². The Labute approximate surface area is 166 Å². The lowest BCUT2D eigenvalue weighted by Gasteiger charge is -2.13. The number of carbonyl (C=O) groups is 1. The molecule has 4 rings (SSSR count). The smallest absolute Gasteiger partial charge is 0.159 e. The molecule has 138 valence electrons. The van der Waals surface area contributed by atoms with Crippen LogP contribution in [0.2, 0.25) is 0 Å². The van der Waals surface area contributed by atoms with Gasteiger partial charge in [0.05, 0.1) is 16.6 Å². The molecule has 0 aliphatic rings. The molecule has 1 aromatic heterocycles. The molecule has 29 heavy (non-hydrogen) atoms. The topological polar surface area (TPSA) is 105 Å². The van der Waals surface area contributed by atoms with Crippen LogP contribution in [0.1, 0.15) is 28.4 Å². The normalized spacial score (nSPS) is 10.3. The second-order valence-corrected chi connectivity index (χ2v) is 6.27. The van der Waals surface area contributed by atoms with Crippen LogP contribution in [-0.2, 0) is 0 Å². The molecule has 0 atom stereocenters. The first-order chi connectivity index (χ1) is 14.1. The number of aromatic nitrogens is 3. The molecular weight excluding hydrogens is 366 g/mol. The SMILES string of the molecule is CC(=O)c1cccc(Oc2cc(C#N)c(C#N)cc2-n2nnc3ccccc32)c1. The van der Waals surface area contributed by atoms with E-state index in [0.717, 1.165) is 5.52 Å². The minimum absolute atomic E-state index is 0.0875. The Morgan fingerprint density at radius 3 is 2.52 bits per heavy atom. The zero-order valence-corrected chi connectivity index (χ0v) is 15.3. The van der Waals surface area contributed by atoms with E-state index in [-0.39, 0.29) is 16.9 Å². The summed E-state index contributed by atoms with van der Waals surface area (Å²) in [5.74, 6) is 0.657. The van der Waals surface area contributed by atoms with Gasteiger partial charge >= 0.3 is 0 Å². The van der Waals surface area contributed by atoms with Crippen molar-refractivity contribution in [2.45, 2.75) is 6.92 Å². The van der Waals surface area contributed by atoms with Gasteiger partial charge in [0.15, 0.2) is 11.5 Å². The van der Waals surface area contributed by atoms with E-state index in [0.29, 0.717) is 28.3 Å². The van der Waals surface area contributed by atoms with Crippen molar-refractivity contribution in [3.8, 4) is 29.3 Å². The predicted octanol–water partition coefficient (Wildman–Crippen LogP) is 4.16. The van der Waals surface area contributed by atoms with Gasteiger partial charge in [-0.3, -0.25) is 4.79 Å². The number of nitriles is 2. The van der Waals surface area contributed by atoms with Crippen molar-refractivity contribution in [3.05, 3.63) is 77.4 Å². The molecule has 1 heterocycles. The molecule has 7 nitrogen and oxygen atoms in total. The van der Waals surface area contributed by atoms with Gasteiger partial charge in [-0.25, -0.2) is 4.68 Å². The van der Waals surface area contributed by atoms with Gasteiger partial charge in [-0.2, -0.15) is 10.5 Å². The molecule has 0 amide bonds. The number of nitrogens with zero attached hydrogens (tertiary/aromatic N) is 5. The Morgan fingerprint density at radius 2 is 1.76 bits per heavy atom. The molecule has 0 bridgehead atoms. The fraction of sp³-hybridized carbons (Fsp3) is 0.0455. The van der Waals surface area contributed by atoms with E-state index in [1.807, 2.05) is 36.4 Å². The Hall–Kier alpha value is -4.49. The molecule has 0 saturated carbocycles. The summed E-state index contributed by atoms with van der Waals surface area (Å²) in [5, 5.41) is 27.2. The Kier molecular flexibility index (Phi) is 4.48. The monoisotopic (exact) mass is 379 g/mol. The largest absolute Gasteiger partial charge is 0.455 e. The second kappa shape index (κ2) is 7.26. The molecule has 7 heteroatoms. The number of Topliss-reactive ketones (excluding diaryl/α,β-unsaturated/α-hetero) is 1. The Bertz CT molecular complexity index is 1340. The first kappa shape index (κ1) is 17.9. The summed E-state index contributed by atoms with van der Waals surface area (Å²) >= 11 is 0. The van der Waals surface area contributed by atoms with Crippen molar-refractivity contribution in [2.24, 2.45) is 0 Å². The first-order valence-electron chi connectivity index (χ1n) is 8.68. The summed E-state index contributed by atoms with van der Waals surface area (Å²) in [6.45, 7) is 1.47. The zero-order chi connectivity index (χ0) is 20.4. The van der Waals surface area contributed by atoms with Crippen LogP contribution in [0.5, 0.6) is 11.5 Å². The number of carbonyl (C=O) groups excluding carboxylic acids is 1. The standard InChI is InChI=1S/C22H13N5O2/c1-14(28)15-5-4-6-18(9-15)29-22-11-17(13-24)16(12-23)10-21(22)27-20-8-3-2-7-19(20)25-26-27/h2-11H,1H3. The Morgan fingerprint density at radius 1 is 1.00 bits per heavy atom. The molecule has 0 radical (unpaired) electrons. The lowest BCUT2D eigenvalue weighted by Crippen LogP contribution is -2.02. The molecule has 0 N–H and O–H groups in total. The fourth-order valence-corrected chi connectivity index (χ4v) is 2.95. The highest BCUT2D eigenvalue weighted by Gasteiger charge is 2.17. The predicted molar refractivity (Wildman–Crippen MR) is 105 cm³/mol. The highest BCUT2D eigenvalue weighted by atomic mass is 16.5. The third kappa shape index (κ3) is 3.29. The summed E-state index contributed by atoms with van der Waals surface area (Å²) in [5.41, 5.74) is 2.75. The Balaban J connectivity index is 1.91. The van der Waals surface area contributed by atoms with Crippen LogP contribution in [0.3, 0.4) is 0 Å². The average molecular weight is 379 g/mol. The third-order valence-corrected chi connectivity index (χ3v) is 4.39. The van der Waals surface area contributed by atoms with E-state index in [4.69, 9.17) is 4.74 Å². The minimum atomic E-state index is -0.0875. The van der Waals surface area contributed by atoms with Crippen LogP contribution >= 0.6 is 0 Å². The molecule has 0 aliphatic carbocycles. The molecule has 3 aromatic carbocycles. The molecular formula is C22H13N5O2. The van der Waals surface area contributed by atoms with Crippen molar-refractivity contribution < 1.29 is 9.53 Å². The van der Waals surface area contributed by atoms with Crippen LogP contribution < -0.4 is 4.74 Å². The maximum absolute atomic E-state index is 11.7. The van der Waals surface area contributed by atoms with E-state index in [9.17, 15) is 15.3 Å². The average Bonchev–Trinajstić information content (AvgIpc) is 3.17. The highest BCUT2D eigenvalue weighted by molar-refractivity contribution is 5.94. The van der Waals surface area contributed by atoms with Gasteiger partial charge in [0.25, 0.3) is 0 Å². The van der Waals surface area contributed by atoms with Crippen LogP contribution in [-0.4, -0.2) is 20.8 Å². The molecule has 0 aliphatic heterocycles. The lowest BCUT2D eigenvalue weighted by molar-refractivity contribution is 0.101. The van der Waals surface area contributed by atoms with E-state index < -0.39 is 0 Å². The van der Waals surface area contributed by atoms with Crippen LogP contribution in [0, 0.1) is 22.7 Å². The summed E-state index contributed by atoms with van der Waals surface area (Å²) in [6.07, 6.45) is 0. The number of para-hydroxylation sites is 1. The maximum atomic E-state index is 11.7. The van der Waals surface area contributed by atoms with E-state index in [2.05, 4.69) is 10.3 Å². The summed E-state index contributed by atoms with van der Waals surface area (Å²) in [6, 6.07) is 21.2. The lowest BCUT2D eigenvalue weighted by atomic mass is 10.1. The van der Waals surface area contributed by atoms with Crippen LogP contribution in [0.25, 0.3) is 16.7 Å². The molecule has 0 unspecified atom stereocenters. The number of hydrogen-bond acceptors (Lipinski definition) is 6. The maximum Gasteiger partial charge on any atom is 0.159 e. The third-order valence-electron chi connectivity index (χ3n) is 4.39. The van der Waals surface area contributed by atoms with Gasteiger partial charge in [-0.05, 0) is 37.3 Å². The van der Waals surface area contributed by atoms with Crippen LogP contribution in [0.15, 0.2) is 60.7 Å². The van der Waals surface area contributed by atoms with Crippen molar-refractivity contribution in [1.29, 1.82) is 10.5 Å². The number of ketones is 1. The highest BCUT2D eigenvalue weighted by Crippen LogP contribution is 2.32. The van der Waals surface area contributed by atoms with Gasteiger partial charge in [0.1, 0.15) is 29.1 Å². The number of benzene rings is 3. The van der Waals surface area contributed by atoms with Crippen LogP contribution in [0.4, 0.5) is 0 Å². The van der Waals surface area contributed by atoms with Crippen molar-refractivity contribution in [3.63, 3.8) is 0 Å². The van der Waals surface area contributed by atoms with Gasteiger partial charge in [0.2, 0.25) is 0 Å². The zero-order valence-electron chi connectivity index (χ0n) is 15.3. The van der Waals surface area contributed by atoms with Gasteiger partial charge in [-0.15, -0.1) is 5.10 Å². The minimum Gasteiger partial charge on any atom is -0.455 e. The molecule has 0 saturated heterocycles. The number of ether oxygens (including phenoxy) is 1. The number of hydrogen-bond donors (Lipinski definition) is 0. The van der Waals surface area contributed by atoms with Gasteiger partial charge < -0.3 is 4.74 Å². The van der Waals surface area contributed by atoms with Crippen molar-refractivity contribution in [2.75, 3.05) is 0 Å². The first-order valence-corrected chi connectivity index (χ1v) is 8.68. The molecule has 0 spiro atoms. The summed E-state index contributed by atoms with van der Waals surface area (Å²) in [7, 11) is 0. The quantitative estimate of drug-likeness (QED) is 0.493.